The van der Waals surface area contributed by atoms with Crippen molar-refractivity contribution >= 4 is 5.91 Å². The second-order valence-electron chi connectivity index (χ2n) is 7.64. The number of hydrogen-bond acceptors (Lipinski definition) is 5. The van der Waals surface area contributed by atoms with Crippen LogP contribution < -0.4 is 14.2 Å². The molecule has 0 bridgehead atoms. The fraction of sp³-hybridized carbons (Fsp3) is 0.542. The Morgan fingerprint density at radius 3 is 2.40 bits per heavy atom. The summed E-state index contributed by atoms with van der Waals surface area (Å²) in [5.41, 5.74) is 0.982. The molecular formula is C24H33NO5. The van der Waals surface area contributed by atoms with Crippen molar-refractivity contribution in [1.29, 1.82) is 0 Å². The molecule has 0 saturated carbocycles. The molecule has 6 heteroatoms. The normalized spacial score (nSPS) is 16.8. The highest BCUT2D eigenvalue weighted by Crippen LogP contribution is 2.39. The molecule has 0 spiro atoms. The first-order chi connectivity index (χ1) is 14.6. The van der Waals surface area contributed by atoms with Gasteiger partial charge in [-0.2, -0.15) is 0 Å². The van der Waals surface area contributed by atoms with Gasteiger partial charge >= 0.3 is 0 Å². The third kappa shape index (κ3) is 4.91. The van der Waals surface area contributed by atoms with E-state index >= 15 is 0 Å². The Morgan fingerprint density at radius 2 is 1.80 bits per heavy atom. The second kappa shape index (κ2) is 10.4. The van der Waals surface area contributed by atoms with E-state index in [9.17, 15) is 4.79 Å². The van der Waals surface area contributed by atoms with E-state index in [0.29, 0.717) is 30.1 Å². The van der Waals surface area contributed by atoms with Gasteiger partial charge in [0.05, 0.1) is 27.4 Å². The molecule has 1 unspecified atom stereocenters. The van der Waals surface area contributed by atoms with Gasteiger partial charge in [-0.3, -0.25) is 4.79 Å². The number of amides is 1. The van der Waals surface area contributed by atoms with Crippen LogP contribution in [0.2, 0.25) is 0 Å². The summed E-state index contributed by atoms with van der Waals surface area (Å²) in [6.45, 7) is 2.86. The lowest BCUT2D eigenvalue weighted by Gasteiger charge is -2.29. The lowest BCUT2D eigenvalue weighted by molar-refractivity contribution is -0.134. The standard InChI is InChI=1S/C24H33NO5/c1-5-18-11-12-20(30-18)19-9-7-6-8-14-25(19)23(26)13-10-17-15-21(27-2)24(29-4)22(16-17)28-3/h11-12,15-16,19H,5-10,13-14H2,1-4H3. The van der Waals surface area contributed by atoms with Crippen LogP contribution in [0.15, 0.2) is 28.7 Å². The van der Waals surface area contributed by atoms with Crippen LogP contribution in [0.25, 0.3) is 0 Å². The van der Waals surface area contributed by atoms with Crippen LogP contribution in [0.5, 0.6) is 17.2 Å². The number of benzene rings is 1. The maximum atomic E-state index is 13.2. The summed E-state index contributed by atoms with van der Waals surface area (Å²) in [6, 6.07) is 7.91. The summed E-state index contributed by atoms with van der Waals surface area (Å²) in [6.07, 6.45) is 6.15. The average Bonchev–Trinajstić information content (AvgIpc) is 3.12. The first-order valence-corrected chi connectivity index (χ1v) is 10.8. The minimum Gasteiger partial charge on any atom is -0.493 e. The molecule has 30 heavy (non-hydrogen) atoms. The maximum absolute atomic E-state index is 13.2. The lowest BCUT2D eigenvalue weighted by atomic mass is 10.0. The van der Waals surface area contributed by atoms with Gasteiger partial charge in [0.15, 0.2) is 11.5 Å². The van der Waals surface area contributed by atoms with Crippen molar-refractivity contribution in [2.24, 2.45) is 0 Å². The van der Waals surface area contributed by atoms with Gasteiger partial charge in [-0.1, -0.05) is 19.8 Å². The average molecular weight is 416 g/mol. The van der Waals surface area contributed by atoms with E-state index in [1.807, 2.05) is 29.2 Å². The fourth-order valence-electron chi connectivity index (χ4n) is 4.14. The molecule has 2 aromatic rings. The van der Waals surface area contributed by atoms with Crippen LogP contribution in [0, 0.1) is 0 Å². The number of furan rings is 1. The molecule has 1 saturated heterocycles. The molecule has 1 aromatic carbocycles. The summed E-state index contributed by atoms with van der Waals surface area (Å²) in [5.74, 6) is 3.82. The molecule has 1 aliphatic heterocycles. The van der Waals surface area contributed by atoms with Crippen LogP contribution in [0.3, 0.4) is 0 Å². The molecule has 1 aliphatic rings. The molecule has 0 N–H and O–H groups in total. The van der Waals surface area contributed by atoms with Crippen molar-refractivity contribution in [2.45, 2.75) is 57.9 Å². The van der Waals surface area contributed by atoms with E-state index in [4.69, 9.17) is 18.6 Å². The van der Waals surface area contributed by atoms with Gasteiger partial charge in [-0.15, -0.1) is 0 Å². The molecule has 2 heterocycles. The highest BCUT2D eigenvalue weighted by Gasteiger charge is 2.29. The van der Waals surface area contributed by atoms with Crippen molar-refractivity contribution in [2.75, 3.05) is 27.9 Å². The fourth-order valence-corrected chi connectivity index (χ4v) is 4.14. The topological polar surface area (TPSA) is 61.1 Å². The van der Waals surface area contributed by atoms with Gasteiger partial charge in [0.1, 0.15) is 11.5 Å². The number of aryl methyl sites for hydroxylation is 2. The third-order valence-electron chi connectivity index (χ3n) is 5.78. The van der Waals surface area contributed by atoms with Crippen molar-refractivity contribution in [1.82, 2.24) is 4.90 Å². The lowest BCUT2D eigenvalue weighted by Crippen LogP contribution is -2.34. The number of carbonyl (C=O) groups excluding carboxylic acids is 1. The van der Waals surface area contributed by atoms with Crippen LogP contribution in [0.4, 0.5) is 0 Å². The van der Waals surface area contributed by atoms with Gasteiger partial charge < -0.3 is 23.5 Å². The van der Waals surface area contributed by atoms with Gasteiger partial charge in [0.2, 0.25) is 11.7 Å². The Balaban J connectivity index is 1.75. The van der Waals surface area contributed by atoms with Crippen LogP contribution in [-0.4, -0.2) is 38.7 Å². The van der Waals surface area contributed by atoms with Crippen molar-refractivity contribution in [3.8, 4) is 17.2 Å². The predicted molar refractivity (Wildman–Crippen MR) is 115 cm³/mol. The minimum atomic E-state index is 0.0280. The second-order valence-corrected chi connectivity index (χ2v) is 7.64. The zero-order valence-corrected chi connectivity index (χ0v) is 18.5. The van der Waals surface area contributed by atoms with Gasteiger partial charge in [-0.05, 0) is 49.1 Å². The largest absolute Gasteiger partial charge is 0.493 e. The van der Waals surface area contributed by atoms with Crippen molar-refractivity contribution < 1.29 is 23.4 Å². The summed E-state index contributed by atoms with van der Waals surface area (Å²) in [4.78, 5) is 15.2. The molecular weight excluding hydrogens is 382 g/mol. The first kappa shape index (κ1) is 22.1. The molecule has 164 valence electrons. The molecule has 1 atom stereocenters. The smallest absolute Gasteiger partial charge is 0.223 e. The quantitative estimate of drug-likeness (QED) is 0.611. The first-order valence-electron chi connectivity index (χ1n) is 10.8. The molecule has 1 aromatic heterocycles. The molecule has 0 aliphatic carbocycles. The zero-order chi connectivity index (χ0) is 21.5. The van der Waals surface area contributed by atoms with Crippen molar-refractivity contribution in [3.05, 3.63) is 41.3 Å². The zero-order valence-electron chi connectivity index (χ0n) is 18.5. The highest BCUT2D eigenvalue weighted by atomic mass is 16.5. The summed E-state index contributed by atoms with van der Waals surface area (Å²) < 4.78 is 22.3. The van der Waals surface area contributed by atoms with E-state index in [1.165, 1.54) is 0 Å². The van der Waals surface area contributed by atoms with E-state index in [-0.39, 0.29) is 11.9 Å². The number of nitrogens with zero attached hydrogens (tertiary/aromatic N) is 1. The Hall–Kier alpha value is -2.63. The third-order valence-corrected chi connectivity index (χ3v) is 5.78. The van der Waals surface area contributed by atoms with Gasteiger partial charge in [0, 0.05) is 19.4 Å². The Labute approximate surface area is 179 Å². The van der Waals surface area contributed by atoms with E-state index in [0.717, 1.165) is 55.7 Å². The number of hydrogen-bond donors (Lipinski definition) is 0. The van der Waals surface area contributed by atoms with Crippen LogP contribution in [0.1, 0.15) is 62.2 Å². The summed E-state index contributed by atoms with van der Waals surface area (Å²) >= 11 is 0. The number of rotatable bonds is 8. The number of likely N-dealkylation sites (tertiary alicyclic amines) is 1. The van der Waals surface area contributed by atoms with E-state index < -0.39 is 0 Å². The van der Waals surface area contributed by atoms with Crippen molar-refractivity contribution in [3.63, 3.8) is 0 Å². The highest BCUT2D eigenvalue weighted by molar-refractivity contribution is 5.77. The summed E-state index contributed by atoms with van der Waals surface area (Å²) in [7, 11) is 4.78. The molecule has 1 fully saturated rings. The number of carbonyl (C=O) groups is 1. The molecule has 3 rings (SSSR count). The molecule has 1 amide bonds. The van der Waals surface area contributed by atoms with Gasteiger partial charge in [-0.25, -0.2) is 0 Å². The monoisotopic (exact) mass is 415 g/mol. The van der Waals surface area contributed by atoms with E-state index in [2.05, 4.69) is 6.92 Å². The summed E-state index contributed by atoms with van der Waals surface area (Å²) in [5, 5.41) is 0. The Kier molecular flexibility index (Phi) is 7.66. The maximum Gasteiger partial charge on any atom is 0.223 e. The Bertz CT molecular complexity index is 819. The SMILES string of the molecule is CCc1ccc(C2CCCCCN2C(=O)CCc2cc(OC)c(OC)c(OC)c2)o1. The van der Waals surface area contributed by atoms with E-state index in [1.54, 1.807) is 21.3 Å². The van der Waals surface area contributed by atoms with Gasteiger partial charge in [0.25, 0.3) is 0 Å². The Morgan fingerprint density at radius 1 is 1.07 bits per heavy atom. The minimum absolute atomic E-state index is 0.0280. The predicted octanol–water partition coefficient (Wildman–Crippen LogP) is 4.94. The van der Waals surface area contributed by atoms with Crippen LogP contribution in [-0.2, 0) is 17.6 Å². The number of methoxy groups -OCH3 is 3. The number of ether oxygens (including phenoxy) is 3. The van der Waals surface area contributed by atoms with Crippen LogP contribution >= 0.6 is 0 Å². The molecule has 0 radical (unpaired) electrons. The molecule has 6 nitrogen and oxygen atoms in total.